The Hall–Kier alpha value is -2.57. The van der Waals surface area contributed by atoms with Crippen LogP contribution >= 0.6 is 0 Å². The fraction of sp³-hybridized carbons (Fsp3) is 0.550. The Labute approximate surface area is 162 Å². The molecule has 0 aromatic heterocycles. The summed E-state index contributed by atoms with van der Waals surface area (Å²) in [4.78, 5) is 36.1. The van der Waals surface area contributed by atoms with Gasteiger partial charge < -0.3 is 20.7 Å². The van der Waals surface area contributed by atoms with Crippen molar-refractivity contribution in [2.24, 2.45) is 5.92 Å². The molecule has 0 saturated heterocycles. The number of alkyl carbamates (subject to hydrolysis) is 1. The lowest BCUT2D eigenvalue weighted by atomic mass is 10.0. The maximum absolute atomic E-state index is 12.4. The normalized spacial score (nSPS) is 13.6. The van der Waals surface area contributed by atoms with Gasteiger partial charge in [0.25, 0.3) is 0 Å². The largest absolute Gasteiger partial charge is 0.444 e. The Morgan fingerprint density at radius 1 is 1.11 bits per heavy atom. The lowest BCUT2D eigenvalue weighted by Gasteiger charge is -2.24. The first-order chi connectivity index (χ1) is 12.5. The molecule has 0 rings (SSSR count). The minimum Gasteiger partial charge on any atom is -0.444 e. The highest BCUT2D eigenvalue weighted by atomic mass is 16.6. The van der Waals surface area contributed by atoms with Crippen molar-refractivity contribution < 1.29 is 19.1 Å². The second-order valence-corrected chi connectivity index (χ2v) is 7.37. The van der Waals surface area contributed by atoms with E-state index in [0.717, 1.165) is 0 Å². The second-order valence-electron chi connectivity index (χ2n) is 7.37. The number of hydrogen-bond acceptors (Lipinski definition) is 4. The van der Waals surface area contributed by atoms with E-state index in [1.165, 1.54) is 12.2 Å². The third kappa shape index (κ3) is 11.6. The highest BCUT2D eigenvalue weighted by Gasteiger charge is 2.24. The standard InChI is InChI=1S/C20H33N3O4/c1-8-10-13-21-17(24)12-11-16(14(3)4)22-18(25)15(9-2)23-19(26)27-20(5,6)7/h8-9,11-12,14-16H,1-2,10,13H2,3-7H3,(H,21,24)(H,22,25)(H,23,26)/b12-11+/t15-,16+/m0/s1. The fourth-order valence-electron chi connectivity index (χ4n) is 1.90. The number of carbonyl (C=O) groups is 3. The molecule has 152 valence electrons. The monoisotopic (exact) mass is 379 g/mol. The van der Waals surface area contributed by atoms with Crippen molar-refractivity contribution in [3.63, 3.8) is 0 Å². The van der Waals surface area contributed by atoms with E-state index in [0.29, 0.717) is 13.0 Å². The maximum Gasteiger partial charge on any atom is 0.408 e. The van der Waals surface area contributed by atoms with Gasteiger partial charge in [0.1, 0.15) is 11.6 Å². The summed E-state index contributed by atoms with van der Waals surface area (Å²) in [6, 6.07) is -1.33. The van der Waals surface area contributed by atoms with Gasteiger partial charge in [0, 0.05) is 18.7 Å². The van der Waals surface area contributed by atoms with Gasteiger partial charge in [-0.25, -0.2) is 4.79 Å². The quantitative estimate of drug-likeness (QED) is 0.309. The van der Waals surface area contributed by atoms with E-state index in [9.17, 15) is 14.4 Å². The number of rotatable bonds is 10. The number of amides is 3. The second kappa shape index (κ2) is 11.9. The molecule has 0 bridgehead atoms. The molecule has 0 aliphatic carbocycles. The van der Waals surface area contributed by atoms with Crippen molar-refractivity contribution in [3.05, 3.63) is 37.5 Å². The molecule has 27 heavy (non-hydrogen) atoms. The average molecular weight is 380 g/mol. The first kappa shape index (κ1) is 24.4. The first-order valence-corrected chi connectivity index (χ1v) is 8.99. The van der Waals surface area contributed by atoms with Crippen LogP contribution in [0.25, 0.3) is 0 Å². The van der Waals surface area contributed by atoms with Gasteiger partial charge in [-0.15, -0.1) is 13.2 Å². The van der Waals surface area contributed by atoms with Crippen LogP contribution in [-0.4, -0.2) is 42.1 Å². The Balaban J connectivity index is 4.83. The van der Waals surface area contributed by atoms with Crippen LogP contribution in [0.15, 0.2) is 37.5 Å². The van der Waals surface area contributed by atoms with Crippen molar-refractivity contribution >= 4 is 17.9 Å². The third-order valence-electron chi connectivity index (χ3n) is 3.32. The number of hydrogen-bond donors (Lipinski definition) is 3. The van der Waals surface area contributed by atoms with Gasteiger partial charge in [0.2, 0.25) is 11.8 Å². The zero-order chi connectivity index (χ0) is 21.0. The molecule has 0 aromatic rings. The molecule has 3 N–H and O–H groups in total. The van der Waals surface area contributed by atoms with Gasteiger partial charge in [0.05, 0.1) is 0 Å². The molecule has 0 fully saturated rings. The number of nitrogens with one attached hydrogen (secondary N) is 3. The van der Waals surface area contributed by atoms with Crippen molar-refractivity contribution in [1.82, 2.24) is 16.0 Å². The molecular weight excluding hydrogens is 346 g/mol. The molecule has 0 saturated carbocycles. The molecule has 3 amide bonds. The predicted molar refractivity (Wildman–Crippen MR) is 107 cm³/mol. The Kier molecular flexibility index (Phi) is 10.8. The van der Waals surface area contributed by atoms with Gasteiger partial charge in [-0.3, -0.25) is 9.59 Å². The van der Waals surface area contributed by atoms with Crippen molar-refractivity contribution in [2.45, 2.75) is 58.7 Å². The van der Waals surface area contributed by atoms with Crippen LogP contribution in [0.4, 0.5) is 4.79 Å². The SMILES string of the molecule is C=CCCNC(=O)/C=C/[C@@H](NC(=O)[C@H](C=C)NC(=O)OC(C)(C)C)C(C)C. The third-order valence-corrected chi connectivity index (χ3v) is 3.32. The van der Waals surface area contributed by atoms with Gasteiger partial charge in [0.15, 0.2) is 0 Å². The molecule has 7 heteroatoms. The van der Waals surface area contributed by atoms with E-state index in [1.54, 1.807) is 32.9 Å². The lowest BCUT2D eigenvalue weighted by Crippen LogP contribution is -2.50. The summed E-state index contributed by atoms with van der Waals surface area (Å²) >= 11 is 0. The maximum atomic E-state index is 12.4. The molecule has 7 nitrogen and oxygen atoms in total. The van der Waals surface area contributed by atoms with Gasteiger partial charge in [-0.1, -0.05) is 32.1 Å². The zero-order valence-corrected chi connectivity index (χ0v) is 17.0. The Bertz CT molecular complexity index is 562. The molecule has 0 aromatic carbocycles. The summed E-state index contributed by atoms with van der Waals surface area (Å²) in [5, 5.41) is 7.97. The minimum atomic E-state index is -0.948. The van der Waals surface area contributed by atoms with Crippen LogP contribution in [-0.2, 0) is 14.3 Å². The average Bonchev–Trinajstić information content (AvgIpc) is 2.54. The van der Waals surface area contributed by atoms with E-state index >= 15 is 0 Å². The minimum absolute atomic E-state index is 0.0400. The molecular formula is C20H33N3O4. The highest BCUT2D eigenvalue weighted by Crippen LogP contribution is 2.08. The van der Waals surface area contributed by atoms with Crippen molar-refractivity contribution in [3.8, 4) is 0 Å². The number of carbonyl (C=O) groups excluding carboxylic acids is 3. The molecule has 0 spiro atoms. The summed E-state index contributed by atoms with van der Waals surface area (Å²) in [6.45, 7) is 16.7. The summed E-state index contributed by atoms with van der Waals surface area (Å²) in [6.07, 6.45) is 6.02. The Morgan fingerprint density at radius 3 is 2.22 bits per heavy atom. The Morgan fingerprint density at radius 2 is 1.74 bits per heavy atom. The number of ether oxygens (including phenoxy) is 1. The van der Waals surface area contributed by atoms with E-state index in [4.69, 9.17) is 4.74 Å². The summed E-state index contributed by atoms with van der Waals surface area (Å²) in [5.74, 6) is -0.645. The molecule has 0 aliphatic rings. The zero-order valence-electron chi connectivity index (χ0n) is 17.0. The molecule has 0 aliphatic heterocycles. The lowest BCUT2D eigenvalue weighted by molar-refractivity contribution is -0.123. The summed E-state index contributed by atoms with van der Waals surface area (Å²) in [5.41, 5.74) is -0.672. The van der Waals surface area contributed by atoms with E-state index in [1.807, 2.05) is 13.8 Å². The van der Waals surface area contributed by atoms with Crippen LogP contribution in [0.3, 0.4) is 0 Å². The van der Waals surface area contributed by atoms with Crippen LogP contribution < -0.4 is 16.0 Å². The smallest absolute Gasteiger partial charge is 0.408 e. The van der Waals surface area contributed by atoms with E-state index in [-0.39, 0.29) is 17.9 Å². The van der Waals surface area contributed by atoms with Gasteiger partial charge in [-0.2, -0.15) is 0 Å². The molecule has 0 unspecified atom stereocenters. The van der Waals surface area contributed by atoms with E-state index in [2.05, 4.69) is 29.1 Å². The van der Waals surface area contributed by atoms with Crippen LogP contribution in [0, 0.1) is 5.92 Å². The van der Waals surface area contributed by atoms with Gasteiger partial charge >= 0.3 is 6.09 Å². The topological polar surface area (TPSA) is 96.5 Å². The van der Waals surface area contributed by atoms with Crippen LogP contribution in [0.2, 0.25) is 0 Å². The van der Waals surface area contributed by atoms with Crippen molar-refractivity contribution in [2.75, 3.05) is 6.54 Å². The van der Waals surface area contributed by atoms with Crippen LogP contribution in [0.1, 0.15) is 41.0 Å². The highest BCUT2D eigenvalue weighted by molar-refractivity contribution is 5.89. The first-order valence-electron chi connectivity index (χ1n) is 8.99. The van der Waals surface area contributed by atoms with Gasteiger partial charge in [-0.05, 0) is 33.1 Å². The fourth-order valence-corrected chi connectivity index (χ4v) is 1.90. The summed E-state index contributed by atoms with van der Waals surface area (Å²) < 4.78 is 5.15. The van der Waals surface area contributed by atoms with E-state index < -0.39 is 23.6 Å². The molecule has 2 atom stereocenters. The molecule has 0 heterocycles. The molecule has 0 radical (unpaired) electrons. The van der Waals surface area contributed by atoms with Crippen LogP contribution in [0.5, 0.6) is 0 Å². The predicted octanol–water partition coefficient (Wildman–Crippen LogP) is 2.46. The van der Waals surface area contributed by atoms with Crippen molar-refractivity contribution in [1.29, 1.82) is 0 Å². The summed E-state index contributed by atoms with van der Waals surface area (Å²) in [7, 11) is 0.